The van der Waals surface area contributed by atoms with E-state index in [0.717, 1.165) is 6.07 Å². The van der Waals surface area contributed by atoms with Crippen molar-refractivity contribution in [1.29, 1.82) is 0 Å². The predicted octanol–water partition coefficient (Wildman–Crippen LogP) is 1.51. The van der Waals surface area contributed by atoms with Crippen molar-refractivity contribution in [2.24, 2.45) is 5.73 Å². The van der Waals surface area contributed by atoms with Crippen molar-refractivity contribution in [2.45, 2.75) is 25.8 Å². The van der Waals surface area contributed by atoms with Gasteiger partial charge in [-0.05, 0) is 38.0 Å². The van der Waals surface area contributed by atoms with Crippen LogP contribution in [0.3, 0.4) is 0 Å². The average molecular weight is 227 g/mol. The lowest BCUT2D eigenvalue weighted by molar-refractivity contribution is 0.0692. The largest absolute Gasteiger partial charge is 0.504 e. The van der Waals surface area contributed by atoms with Crippen molar-refractivity contribution in [2.75, 3.05) is 0 Å². The smallest absolute Gasteiger partial charge is 0.339 e. The quantitative estimate of drug-likeness (QED) is 0.730. The minimum Gasteiger partial charge on any atom is -0.504 e. The van der Waals surface area contributed by atoms with E-state index in [1.54, 1.807) is 13.8 Å². The highest BCUT2D eigenvalue weighted by Crippen LogP contribution is 2.24. The minimum absolute atomic E-state index is 0.324. The maximum absolute atomic E-state index is 13.2. The number of aromatic hydroxyl groups is 1. The van der Waals surface area contributed by atoms with Crippen LogP contribution in [-0.2, 0) is 6.42 Å². The Hall–Kier alpha value is -1.62. The molecule has 0 aliphatic heterocycles. The van der Waals surface area contributed by atoms with Crippen LogP contribution in [0.2, 0.25) is 0 Å². The number of nitrogens with two attached hydrogens (primary N) is 1. The molecule has 0 saturated carbocycles. The van der Waals surface area contributed by atoms with E-state index in [0.29, 0.717) is 12.0 Å². The Kier molecular flexibility index (Phi) is 3.19. The van der Waals surface area contributed by atoms with Gasteiger partial charge in [-0.1, -0.05) is 0 Å². The lowest BCUT2D eigenvalue weighted by Crippen LogP contribution is -2.34. The molecule has 4 N–H and O–H groups in total. The van der Waals surface area contributed by atoms with Gasteiger partial charge in [-0.25, -0.2) is 9.18 Å². The van der Waals surface area contributed by atoms with E-state index >= 15 is 0 Å². The SMILES string of the molecule is CC(C)(N)Cc1cc(F)c(O)c(C(=O)O)c1. The minimum atomic E-state index is -1.37. The Balaban J connectivity index is 3.19. The fourth-order valence-corrected chi connectivity index (χ4v) is 1.45. The Labute approximate surface area is 92.5 Å². The summed E-state index contributed by atoms with van der Waals surface area (Å²) in [6.45, 7) is 3.50. The summed E-state index contributed by atoms with van der Waals surface area (Å²) in [6, 6.07) is 2.33. The van der Waals surface area contributed by atoms with E-state index in [1.165, 1.54) is 6.07 Å². The summed E-state index contributed by atoms with van der Waals surface area (Å²) < 4.78 is 13.2. The second-order valence-corrected chi connectivity index (χ2v) is 4.44. The van der Waals surface area contributed by atoms with Gasteiger partial charge in [0.15, 0.2) is 11.6 Å². The molecule has 16 heavy (non-hydrogen) atoms. The first-order valence-corrected chi connectivity index (χ1v) is 4.74. The van der Waals surface area contributed by atoms with Crippen LogP contribution < -0.4 is 5.73 Å². The van der Waals surface area contributed by atoms with E-state index in [1.807, 2.05) is 0 Å². The average Bonchev–Trinajstić information content (AvgIpc) is 2.07. The predicted molar refractivity (Wildman–Crippen MR) is 57.0 cm³/mol. The van der Waals surface area contributed by atoms with E-state index in [-0.39, 0.29) is 0 Å². The number of hydrogen-bond donors (Lipinski definition) is 3. The maximum Gasteiger partial charge on any atom is 0.339 e. The standard InChI is InChI=1S/C11H14FNO3/c1-11(2,13)5-6-3-7(10(15)16)9(14)8(12)4-6/h3-4,14H,5,13H2,1-2H3,(H,15,16). The molecule has 0 unspecified atom stereocenters. The monoisotopic (exact) mass is 227 g/mol. The molecule has 1 aromatic rings. The molecule has 1 aromatic carbocycles. The van der Waals surface area contributed by atoms with Gasteiger partial charge >= 0.3 is 5.97 Å². The summed E-state index contributed by atoms with van der Waals surface area (Å²) in [6.07, 6.45) is 0.324. The third-order valence-corrected chi connectivity index (χ3v) is 2.01. The molecule has 0 radical (unpaired) electrons. The lowest BCUT2D eigenvalue weighted by Gasteiger charge is -2.18. The third kappa shape index (κ3) is 2.93. The van der Waals surface area contributed by atoms with Crippen molar-refractivity contribution in [1.82, 2.24) is 0 Å². The van der Waals surface area contributed by atoms with Gasteiger partial charge in [-0.3, -0.25) is 0 Å². The molecular weight excluding hydrogens is 213 g/mol. The maximum atomic E-state index is 13.2. The topological polar surface area (TPSA) is 83.5 Å². The summed E-state index contributed by atoms with van der Waals surface area (Å²) in [5.74, 6) is -3.15. The molecule has 1 rings (SSSR count). The molecule has 0 aliphatic rings. The zero-order chi connectivity index (χ0) is 12.5. The van der Waals surface area contributed by atoms with Crippen molar-refractivity contribution < 1.29 is 19.4 Å². The zero-order valence-electron chi connectivity index (χ0n) is 9.12. The molecule has 0 bridgehead atoms. The van der Waals surface area contributed by atoms with Crippen LogP contribution >= 0.6 is 0 Å². The highest BCUT2D eigenvalue weighted by molar-refractivity contribution is 5.91. The molecule has 0 saturated heterocycles. The van der Waals surface area contributed by atoms with E-state index in [2.05, 4.69) is 0 Å². The molecule has 5 heteroatoms. The molecular formula is C11H14FNO3. The van der Waals surface area contributed by atoms with Crippen molar-refractivity contribution in [3.05, 3.63) is 29.1 Å². The highest BCUT2D eigenvalue weighted by atomic mass is 19.1. The van der Waals surface area contributed by atoms with Crippen molar-refractivity contribution in [3.8, 4) is 5.75 Å². The number of halogens is 1. The first-order chi connectivity index (χ1) is 7.20. The second kappa shape index (κ2) is 4.09. The van der Waals surface area contributed by atoms with Crippen molar-refractivity contribution >= 4 is 5.97 Å². The highest BCUT2D eigenvalue weighted by Gasteiger charge is 2.18. The van der Waals surface area contributed by atoms with Gasteiger partial charge in [0.2, 0.25) is 0 Å². The van der Waals surface area contributed by atoms with E-state index in [9.17, 15) is 14.3 Å². The molecule has 0 aliphatic carbocycles. The number of rotatable bonds is 3. The Morgan fingerprint density at radius 1 is 1.50 bits per heavy atom. The number of carboxylic acids is 1. The normalized spacial score (nSPS) is 11.5. The third-order valence-electron chi connectivity index (χ3n) is 2.01. The molecule has 0 aromatic heterocycles. The molecule has 0 heterocycles. The zero-order valence-corrected chi connectivity index (χ0v) is 9.12. The number of aromatic carboxylic acids is 1. The molecule has 0 amide bonds. The molecule has 0 atom stereocenters. The van der Waals surface area contributed by atoms with Crippen LogP contribution in [0.1, 0.15) is 29.8 Å². The van der Waals surface area contributed by atoms with Crippen molar-refractivity contribution in [3.63, 3.8) is 0 Å². The lowest BCUT2D eigenvalue weighted by atomic mass is 9.95. The first kappa shape index (κ1) is 12.4. The Bertz CT molecular complexity index is 424. The molecule has 88 valence electrons. The Morgan fingerprint density at radius 2 is 2.06 bits per heavy atom. The van der Waals surface area contributed by atoms with Gasteiger partial charge in [0, 0.05) is 5.54 Å². The van der Waals surface area contributed by atoms with Crippen LogP contribution in [-0.4, -0.2) is 21.7 Å². The van der Waals surface area contributed by atoms with Gasteiger partial charge in [0.1, 0.15) is 5.56 Å². The summed E-state index contributed by atoms with van der Waals surface area (Å²) in [7, 11) is 0. The fourth-order valence-electron chi connectivity index (χ4n) is 1.45. The second-order valence-electron chi connectivity index (χ2n) is 4.44. The number of carbonyl (C=O) groups is 1. The van der Waals surface area contributed by atoms with Crippen LogP contribution in [0.4, 0.5) is 4.39 Å². The number of carboxylic acid groups (broad SMARTS) is 1. The van der Waals surface area contributed by atoms with Crippen LogP contribution in [0.15, 0.2) is 12.1 Å². The van der Waals surface area contributed by atoms with Crippen LogP contribution in [0.5, 0.6) is 5.75 Å². The van der Waals surface area contributed by atoms with E-state index < -0.39 is 28.6 Å². The number of phenols is 1. The summed E-state index contributed by atoms with van der Waals surface area (Å²) >= 11 is 0. The van der Waals surface area contributed by atoms with Gasteiger partial charge in [0.05, 0.1) is 0 Å². The van der Waals surface area contributed by atoms with Gasteiger partial charge in [0.25, 0.3) is 0 Å². The molecule has 4 nitrogen and oxygen atoms in total. The Morgan fingerprint density at radius 3 is 2.50 bits per heavy atom. The molecule has 0 fully saturated rings. The van der Waals surface area contributed by atoms with E-state index in [4.69, 9.17) is 10.8 Å². The number of hydrogen-bond acceptors (Lipinski definition) is 3. The summed E-state index contributed by atoms with van der Waals surface area (Å²) in [5, 5.41) is 18.0. The number of benzene rings is 1. The van der Waals surface area contributed by atoms with Gasteiger partial charge in [-0.15, -0.1) is 0 Å². The first-order valence-electron chi connectivity index (χ1n) is 4.74. The summed E-state index contributed by atoms with van der Waals surface area (Å²) in [4.78, 5) is 10.7. The molecule has 0 spiro atoms. The van der Waals surface area contributed by atoms with Crippen LogP contribution in [0, 0.1) is 5.82 Å². The summed E-state index contributed by atoms with van der Waals surface area (Å²) in [5.41, 5.74) is 5.18. The van der Waals surface area contributed by atoms with Crippen LogP contribution in [0.25, 0.3) is 0 Å². The van der Waals surface area contributed by atoms with Gasteiger partial charge in [-0.2, -0.15) is 0 Å². The van der Waals surface area contributed by atoms with Gasteiger partial charge < -0.3 is 15.9 Å². The fraction of sp³-hybridized carbons (Fsp3) is 0.364.